The third-order valence-electron chi connectivity index (χ3n) is 5.02. The maximum Gasteiger partial charge on any atom is 0.271 e. The van der Waals surface area contributed by atoms with E-state index in [4.69, 9.17) is 23.2 Å². The lowest BCUT2D eigenvalue weighted by Gasteiger charge is -2.18. The standard InChI is InChI=1S/C25H21Cl2N5O2S/c26-18-9-4-10-19(22(18)27)31-25-32-21(15-35-25)24(34)30-20(12-16-6-2-1-3-7-16)23(33)29-14-17-8-5-11-28-13-17/h1-11,13,15,20H,12,14H2,(H,29,33)(H,30,34)(H,31,32)/t20-/m1/s1. The first-order chi connectivity index (χ1) is 17.0. The fraction of sp³-hybridized carbons (Fsp3) is 0.120. The average Bonchev–Trinajstić information content (AvgIpc) is 3.35. The van der Waals surface area contributed by atoms with Gasteiger partial charge >= 0.3 is 0 Å². The molecule has 0 unspecified atom stereocenters. The zero-order valence-electron chi connectivity index (χ0n) is 18.4. The van der Waals surface area contributed by atoms with Gasteiger partial charge in [-0.3, -0.25) is 14.6 Å². The predicted octanol–water partition coefficient (Wildman–Crippen LogP) is 5.25. The Kier molecular flexibility index (Phi) is 8.31. The van der Waals surface area contributed by atoms with E-state index in [0.717, 1.165) is 11.1 Å². The molecule has 4 aromatic rings. The summed E-state index contributed by atoms with van der Waals surface area (Å²) in [6.45, 7) is 0.305. The zero-order valence-corrected chi connectivity index (χ0v) is 20.7. The molecule has 0 radical (unpaired) electrons. The number of hydrogen-bond donors (Lipinski definition) is 3. The molecule has 1 atom stereocenters. The van der Waals surface area contributed by atoms with E-state index in [1.807, 2.05) is 36.4 Å². The minimum atomic E-state index is -0.790. The van der Waals surface area contributed by atoms with Crippen molar-refractivity contribution < 1.29 is 9.59 Å². The van der Waals surface area contributed by atoms with Gasteiger partial charge in [-0.25, -0.2) is 4.98 Å². The molecular formula is C25H21Cl2N5O2S. The summed E-state index contributed by atoms with van der Waals surface area (Å²) in [6, 6.07) is 17.6. The number of anilines is 2. The molecule has 0 aliphatic heterocycles. The number of benzene rings is 2. The number of amides is 2. The Hall–Kier alpha value is -3.46. The van der Waals surface area contributed by atoms with E-state index in [0.29, 0.717) is 33.8 Å². The van der Waals surface area contributed by atoms with Crippen LogP contribution in [0, 0.1) is 0 Å². The van der Waals surface area contributed by atoms with Gasteiger partial charge in [-0.15, -0.1) is 11.3 Å². The van der Waals surface area contributed by atoms with Gasteiger partial charge in [0.2, 0.25) is 5.91 Å². The van der Waals surface area contributed by atoms with Crippen LogP contribution in [-0.4, -0.2) is 27.8 Å². The van der Waals surface area contributed by atoms with Gasteiger partial charge in [0.15, 0.2) is 5.13 Å². The molecule has 0 aliphatic carbocycles. The van der Waals surface area contributed by atoms with Gasteiger partial charge in [0.05, 0.1) is 15.7 Å². The highest BCUT2D eigenvalue weighted by Gasteiger charge is 2.23. The topological polar surface area (TPSA) is 96.0 Å². The summed E-state index contributed by atoms with van der Waals surface area (Å²) in [7, 11) is 0. The van der Waals surface area contributed by atoms with Crippen molar-refractivity contribution in [3.05, 3.63) is 105 Å². The number of thiazole rings is 1. The fourth-order valence-electron chi connectivity index (χ4n) is 3.26. The number of carbonyl (C=O) groups is 2. The number of carbonyl (C=O) groups excluding carboxylic acids is 2. The number of pyridine rings is 1. The lowest BCUT2D eigenvalue weighted by atomic mass is 10.0. The second kappa shape index (κ2) is 11.8. The molecule has 178 valence electrons. The Morgan fingerprint density at radius 1 is 0.971 bits per heavy atom. The van der Waals surface area contributed by atoms with Gasteiger partial charge < -0.3 is 16.0 Å². The lowest BCUT2D eigenvalue weighted by molar-refractivity contribution is -0.123. The monoisotopic (exact) mass is 525 g/mol. The van der Waals surface area contributed by atoms with Crippen molar-refractivity contribution in [3.63, 3.8) is 0 Å². The third-order valence-corrected chi connectivity index (χ3v) is 6.60. The summed E-state index contributed by atoms with van der Waals surface area (Å²) in [6.07, 6.45) is 3.68. The molecule has 7 nitrogen and oxygen atoms in total. The highest BCUT2D eigenvalue weighted by atomic mass is 35.5. The molecule has 4 rings (SSSR count). The number of nitrogens with one attached hydrogen (secondary N) is 3. The van der Waals surface area contributed by atoms with Gasteiger partial charge in [-0.2, -0.15) is 0 Å². The first-order valence-electron chi connectivity index (χ1n) is 10.7. The average molecular weight is 526 g/mol. The largest absolute Gasteiger partial charge is 0.350 e. The van der Waals surface area contributed by atoms with Crippen molar-refractivity contribution in [2.45, 2.75) is 19.0 Å². The van der Waals surface area contributed by atoms with Crippen LogP contribution in [0.5, 0.6) is 0 Å². The summed E-state index contributed by atoms with van der Waals surface area (Å²) in [5.74, 6) is -0.755. The Balaban J connectivity index is 1.45. The summed E-state index contributed by atoms with van der Waals surface area (Å²) < 4.78 is 0. The minimum Gasteiger partial charge on any atom is -0.350 e. The van der Waals surface area contributed by atoms with Gasteiger partial charge in [-0.05, 0) is 29.3 Å². The molecule has 3 N–H and O–H groups in total. The van der Waals surface area contributed by atoms with Gasteiger partial charge in [-0.1, -0.05) is 65.7 Å². The number of halogens is 2. The lowest BCUT2D eigenvalue weighted by Crippen LogP contribution is -2.47. The van der Waals surface area contributed by atoms with Gasteiger partial charge in [0.25, 0.3) is 5.91 Å². The smallest absolute Gasteiger partial charge is 0.271 e. The first kappa shape index (κ1) is 24.7. The number of rotatable bonds is 9. The molecule has 2 aromatic carbocycles. The zero-order chi connectivity index (χ0) is 24.6. The van der Waals surface area contributed by atoms with E-state index < -0.39 is 11.9 Å². The van der Waals surface area contributed by atoms with E-state index in [2.05, 4.69) is 25.9 Å². The van der Waals surface area contributed by atoms with E-state index >= 15 is 0 Å². The molecule has 2 amide bonds. The molecule has 35 heavy (non-hydrogen) atoms. The molecule has 0 fully saturated rings. The van der Waals surface area contributed by atoms with Crippen molar-refractivity contribution in [1.82, 2.24) is 20.6 Å². The second-order valence-electron chi connectivity index (χ2n) is 7.56. The molecular weight excluding hydrogens is 505 g/mol. The van der Waals surface area contributed by atoms with Crippen LogP contribution < -0.4 is 16.0 Å². The summed E-state index contributed by atoms with van der Waals surface area (Å²) in [4.78, 5) is 34.4. The van der Waals surface area contributed by atoms with Crippen LogP contribution in [0.15, 0.2) is 78.4 Å². The predicted molar refractivity (Wildman–Crippen MR) is 139 cm³/mol. The maximum absolute atomic E-state index is 13.0. The maximum atomic E-state index is 13.0. The summed E-state index contributed by atoms with van der Waals surface area (Å²) >= 11 is 13.5. The molecule has 2 heterocycles. The Morgan fingerprint density at radius 2 is 1.77 bits per heavy atom. The normalized spacial score (nSPS) is 11.5. The molecule has 0 saturated carbocycles. The van der Waals surface area contributed by atoms with Crippen LogP contribution in [0.4, 0.5) is 10.8 Å². The third kappa shape index (κ3) is 6.79. The number of aromatic nitrogens is 2. The first-order valence-corrected chi connectivity index (χ1v) is 12.3. The molecule has 0 bridgehead atoms. The van der Waals surface area contributed by atoms with E-state index in [9.17, 15) is 9.59 Å². The van der Waals surface area contributed by atoms with Crippen molar-refractivity contribution in [3.8, 4) is 0 Å². The Labute approximate surface area is 216 Å². The molecule has 0 spiro atoms. The number of nitrogens with zero attached hydrogens (tertiary/aromatic N) is 2. The Bertz CT molecular complexity index is 1300. The molecule has 0 aliphatic rings. The van der Waals surface area contributed by atoms with Crippen LogP contribution in [0.2, 0.25) is 10.0 Å². The van der Waals surface area contributed by atoms with Crippen LogP contribution in [0.1, 0.15) is 21.6 Å². The van der Waals surface area contributed by atoms with E-state index in [1.54, 1.807) is 42.0 Å². The number of hydrogen-bond acceptors (Lipinski definition) is 6. The van der Waals surface area contributed by atoms with Gasteiger partial charge in [0, 0.05) is 30.7 Å². The van der Waals surface area contributed by atoms with Gasteiger partial charge in [0.1, 0.15) is 11.7 Å². The van der Waals surface area contributed by atoms with Crippen LogP contribution in [0.3, 0.4) is 0 Å². The van der Waals surface area contributed by atoms with Crippen LogP contribution in [0.25, 0.3) is 0 Å². The Morgan fingerprint density at radius 3 is 2.54 bits per heavy atom. The van der Waals surface area contributed by atoms with E-state index in [1.165, 1.54) is 11.3 Å². The molecule has 2 aromatic heterocycles. The van der Waals surface area contributed by atoms with Crippen molar-refractivity contribution >= 4 is 57.2 Å². The van der Waals surface area contributed by atoms with Crippen molar-refractivity contribution in [1.29, 1.82) is 0 Å². The molecule has 0 saturated heterocycles. The van der Waals surface area contributed by atoms with Crippen LogP contribution in [-0.2, 0) is 17.8 Å². The quantitative estimate of drug-likeness (QED) is 0.277. The second-order valence-corrected chi connectivity index (χ2v) is 9.20. The molecule has 10 heteroatoms. The van der Waals surface area contributed by atoms with Crippen molar-refractivity contribution in [2.24, 2.45) is 0 Å². The fourth-order valence-corrected chi connectivity index (χ4v) is 4.31. The van der Waals surface area contributed by atoms with E-state index in [-0.39, 0.29) is 11.6 Å². The SMILES string of the molecule is O=C(N[C@H](Cc1ccccc1)C(=O)NCc1cccnc1)c1csc(Nc2cccc(Cl)c2Cl)n1. The van der Waals surface area contributed by atoms with Crippen LogP contribution >= 0.6 is 34.5 Å². The highest BCUT2D eigenvalue weighted by molar-refractivity contribution is 7.14. The van der Waals surface area contributed by atoms with Crippen molar-refractivity contribution in [2.75, 3.05) is 5.32 Å². The minimum absolute atomic E-state index is 0.189. The summed E-state index contributed by atoms with van der Waals surface area (Å²) in [5.41, 5.74) is 2.55. The highest BCUT2D eigenvalue weighted by Crippen LogP contribution is 2.32. The summed E-state index contributed by atoms with van der Waals surface area (Å²) in [5, 5.41) is 11.6.